The van der Waals surface area contributed by atoms with Gasteiger partial charge in [-0.15, -0.1) is 0 Å². The van der Waals surface area contributed by atoms with Crippen LogP contribution in [-0.2, 0) is 0 Å². The maximum absolute atomic E-state index is 10.9. The van der Waals surface area contributed by atoms with Crippen molar-refractivity contribution in [2.75, 3.05) is 0 Å². The first kappa shape index (κ1) is 16.8. The number of hydrogen-bond acceptors (Lipinski definition) is 1. The van der Waals surface area contributed by atoms with Crippen LogP contribution in [0.15, 0.2) is 23.3 Å². The second-order valence-corrected chi connectivity index (χ2v) is 8.38. The second-order valence-electron chi connectivity index (χ2n) is 8.38. The number of rotatable bonds is 0. The van der Waals surface area contributed by atoms with Crippen LogP contribution in [0.5, 0.6) is 0 Å². The van der Waals surface area contributed by atoms with Gasteiger partial charge in [-0.1, -0.05) is 37.1 Å². The fraction of sp³-hybridized carbons (Fsp3) is 0.800. The number of aliphatic hydroxyl groups is 1. The van der Waals surface area contributed by atoms with E-state index in [2.05, 4.69) is 46.8 Å². The lowest BCUT2D eigenvalue weighted by Crippen LogP contribution is -2.51. The van der Waals surface area contributed by atoms with Crippen LogP contribution < -0.4 is 0 Å². The lowest BCUT2D eigenvalue weighted by atomic mass is 9.54. The summed E-state index contributed by atoms with van der Waals surface area (Å²) in [6.45, 7) is 11.4. The van der Waals surface area contributed by atoms with Gasteiger partial charge in [0.25, 0.3) is 0 Å². The predicted molar refractivity (Wildman–Crippen MR) is 91.2 cm³/mol. The Bertz CT molecular complexity index is 425. The molecule has 2 aliphatic carbocycles. The first-order chi connectivity index (χ1) is 9.73. The summed E-state index contributed by atoms with van der Waals surface area (Å²) in [5.74, 6) is 1.11. The van der Waals surface area contributed by atoms with Gasteiger partial charge in [0, 0.05) is 0 Å². The zero-order valence-corrected chi connectivity index (χ0v) is 14.7. The van der Waals surface area contributed by atoms with E-state index in [4.69, 9.17) is 0 Å². The second kappa shape index (κ2) is 6.28. The average Bonchev–Trinajstić information content (AvgIpc) is 2.35. The van der Waals surface area contributed by atoms with Crippen molar-refractivity contribution in [1.29, 1.82) is 0 Å². The van der Waals surface area contributed by atoms with Crippen molar-refractivity contribution in [3.8, 4) is 0 Å². The first-order valence-corrected chi connectivity index (χ1v) is 8.77. The Balaban J connectivity index is 2.30. The van der Waals surface area contributed by atoms with Crippen LogP contribution in [0.1, 0.15) is 79.6 Å². The Morgan fingerprint density at radius 2 is 1.67 bits per heavy atom. The molecule has 0 aromatic rings. The summed E-state index contributed by atoms with van der Waals surface area (Å²) in [5.41, 5.74) is 2.75. The molecule has 0 aliphatic heterocycles. The van der Waals surface area contributed by atoms with Gasteiger partial charge in [0.1, 0.15) is 0 Å². The maximum atomic E-state index is 10.9. The normalized spacial score (nSPS) is 37.8. The van der Waals surface area contributed by atoms with Crippen LogP contribution >= 0.6 is 0 Å². The van der Waals surface area contributed by atoms with Crippen molar-refractivity contribution < 1.29 is 5.11 Å². The highest BCUT2D eigenvalue weighted by Gasteiger charge is 2.49. The molecule has 1 N–H and O–H groups in total. The van der Waals surface area contributed by atoms with Crippen molar-refractivity contribution >= 4 is 0 Å². The molecule has 0 spiro atoms. The van der Waals surface area contributed by atoms with E-state index in [1.165, 1.54) is 30.4 Å². The molecule has 2 bridgehead atoms. The highest BCUT2D eigenvalue weighted by molar-refractivity contribution is 5.09. The number of allylic oxidation sites excluding steroid dienone is 4. The van der Waals surface area contributed by atoms with Gasteiger partial charge >= 0.3 is 0 Å². The summed E-state index contributed by atoms with van der Waals surface area (Å²) in [6.07, 6.45) is 12.8. The smallest absolute Gasteiger partial charge is 0.0653 e. The molecule has 120 valence electrons. The van der Waals surface area contributed by atoms with Gasteiger partial charge in [0.2, 0.25) is 0 Å². The van der Waals surface area contributed by atoms with Gasteiger partial charge in [0.05, 0.1) is 5.60 Å². The van der Waals surface area contributed by atoms with Gasteiger partial charge in [-0.2, -0.15) is 0 Å². The zero-order chi connectivity index (χ0) is 15.7. The summed E-state index contributed by atoms with van der Waals surface area (Å²) in [6, 6.07) is 0. The molecule has 0 saturated heterocycles. The minimum Gasteiger partial charge on any atom is -0.390 e. The molecule has 1 nitrogen and oxygen atoms in total. The Labute approximate surface area is 131 Å². The molecule has 1 fully saturated rings. The molecule has 0 heterocycles. The quantitative estimate of drug-likeness (QED) is 0.572. The van der Waals surface area contributed by atoms with Gasteiger partial charge in [-0.3, -0.25) is 0 Å². The van der Waals surface area contributed by atoms with Gasteiger partial charge in [0.15, 0.2) is 0 Å². The van der Waals surface area contributed by atoms with Crippen LogP contribution in [-0.4, -0.2) is 10.7 Å². The summed E-state index contributed by atoms with van der Waals surface area (Å²) in [5, 5.41) is 10.9. The Kier molecular flexibility index (Phi) is 5.03. The van der Waals surface area contributed by atoms with Crippen molar-refractivity contribution in [2.45, 2.75) is 85.2 Å². The zero-order valence-electron chi connectivity index (χ0n) is 14.7. The molecule has 0 aromatic carbocycles. The van der Waals surface area contributed by atoms with Crippen molar-refractivity contribution in [1.82, 2.24) is 0 Å². The lowest BCUT2D eigenvalue weighted by Gasteiger charge is -2.53. The molecule has 2 aliphatic rings. The number of fused-ring (bicyclic) bond motifs is 2. The predicted octanol–water partition coefficient (Wildman–Crippen LogP) is 5.65. The molecule has 0 unspecified atom stereocenters. The van der Waals surface area contributed by atoms with Crippen LogP contribution in [0, 0.1) is 17.3 Å². The van der Waals surface area contributed by atoms with Crippen molar-refractivity contribution in [3.63, 3.8) is 0 Å². The molecule has 2 rings (SSSR count). The highest BCUT2D eigenvalue weighted by Crippen LogP contribution is 2.53. The summed E-state index contributed by atoms with van der Waals surface area (Å²) < 4.78 is 0. The molecule has 0 radical (unpaired) electrons. The third kappa shape index (κ3) is 3.80. The molecular formula is C20H34O. The molecule has 1 saturated carbocycles. The van der Waals surface area contributed by atoms with E-state index in [0.29, 0.717) is 11.8 Å². The van der Waals surface area contributed by atoms with E-state index in [1.54, 1.807) is 0 Å². The van der Waals surface area contributed by atoms with E-state index in [1.807, 2.05) is 0 Å². The molecule has 3 atom stereocenters. The highest BCUT2D eigenvalue weighted by atomic mass is 16.3. The van der Waals surface area contributed by atoms with Crippen LogP contribution in [0.2, 0.25) is 0 Å². The minimum atomic E-state index is -0.497. The minimum absolute atomic E-state index is 0.220. The third-order valence-electron chi connectivity index (χ3n) is 6.31. The van der Waals surface area contributed by atoms with E-state index in [0.717, 1.165) is 25.7 Å². The fourth-order valence-electron chi connectivity index (χ4n) is 4.67. The Hall–Kier alpha value is -0.560. The largest absolute Gasteiger partial charge is 0.390 e. The van der Waals surface area contributed by atoms with Crippen LogP contribution in [0.4, 0.5) is 0 Å². The summed E-state index contributed by atoms with van der Waals surface area (Å²) >= 11 is 0. The van der Waals surface area contributed by atoms with Gasteiger partial charge in [-0.05, 0) is 83.0 Å². The standard InChI is InChI=1S/C20H34O/c1-15-7-6-8-16(2)10-12-18-19(3,4)17(11-9-15)13-14-20(18,5)21/h8-9,17-18,21H,6-7,10-14H2,1-5H3/t17-,18+,20+/m0/s1. The molecule has 21 heavy (non-hydrogen) atoms. The van der Waals surface area contributed by atoms with Crippen LogP contribution in [0.25, 0.3) is 0 Å². The SMILES string of the molecule is CC1=CC[C@H]2CC[C@@](C)(O)[C@H](CCC(C)=CCC1)C2(C)C. The van der Waals surface area contributed by atoms with Gasteiger partial charge < -0.3 is 5.11 Å². The number of hydrogen-bond donors (Lipinski definition) is 1. The monoisotopic (exact) mass is 290 g/mol. The van der Waals surface area contributed by atoms with Crippen molar-refractivity contribution in [3.05, 3.63) is 23.3 Å². The molecule has 1 heteroatoms. The van der Waals surface area contributed by atoms with Crippen LogP contribution in [0.3, 0.4) is 0 Å². The van der Waals surface area contributed by atoms with E-state index >= 15 is 0 Å². The summed E-state index contributed by atoms with van der Waals surface area (Å²) in [4.78, 5) is 0. The average molecular weight is 290 g/mol. The van der Waals surface area contributed by atoms with Gasteiger partial charge in [-0.25, -0.2) is 0 Å². The fourth-order valence-corrected chi connectivity index (χ4v) is 4.67. The summed E-state index contributed by atoms with van der Waals surface area (Å²) in [7, 11) is 0. The third-order valence-corrected chi connectivity index (χ3v) is 6.31. The first-order valence-electron chi connectivity index (χ1n) is 8.77. The Morgan fingerprint density at radius 1 is 1.00 bits per heavy atom. The van der Waals surface area contributed by atoms with E-state index < -0.39 is 5.60 Å². The Morgan fingerprint density at radius 3 is 2.38 bits per heavy atom. The van der Waals surface area contributed by atoms with E-state index in [-0.39, 0.29) is 5.41 Å². The van der Waals surface area contributed by atoms with E-state index in [9.17, 15) is 5.11 Å². The maximum Gasteiger partial charge on any atom is 0.0653 e. The van der Waals surface area contributed by atoms with Crippen molar-refractivity contribution in [2.24, 2.45) is 17.3 Å². The lowest BCUT2D eigenvalue weighted by molar-refractivity contribution is -0.118. The topological polar surface area (TPSA) is 20.2 Å². The molecule has 0 amide bonds. The molecule has 0 aromatic heterocycles. The molecular weight excluding hydrogens is 256 g/mol.